The fourth-order valence-corrected chi connectivity index (χ4v) is 2.50. The summed E-state index contributed by atoms with van der Waals surface area (Å²) in [6, 6.07) is 0. The summed E-state index contributed by atoms with van der Waals surface area (Å²) >= 11 is 0. The Morgan fingerprint density at radius 1 is 1.18 bits per heavy atom. The molecule has 0 aromatic carbocycles. The van der Waals surface area contributed by atoms with Gasteiger partial charge in [-0.2, -0.15) is 10.1 Å². The zero-order valence-corrected chi connectivity index (χ0v) is 9.57. The monoisotopic (exact) mass is 230 g/mol. The van der Waals surface area contributed by atoms with E-state index in [4.69, 9.17) is 4.52 Å². The first-order chi connectivity index (χ1) is 8.42. The Morgan fingerprint density at radius 3 is 2.94 bits per heavy atom. The molecule has 2 aliphatic rings. The molecule has 17 heavy (non-hydrogen) atoms. The van der Waals surface area contributed by atoms with E-state index in [0.29, 0.717) is 11.8 Å². The molecule has 4 rings (SSSR count). The summed E-state index contributed by atoms with van der Waals surface area (Å²) < 4.78 is 5.33. The zero-order valence-electron chi connectivity index (χ0n) is 9.57. The van der Waals surface area contributed by atoms with Crippen LogP contribution in [0.4, 0.5) is 0 Å². The summed E-state index contributed by atoms with van der Waals surface area (Å²) in [7, 11) is 0. The van der Waals surface area contributed by atoms with Gasteiger partial charge in [0, 0.05) is 17.2 Å². The lowest BCUT2D eigenvalue weighted by atomic mass is 9.96. The average Bonchev–Trinajstić information content (AvgIpc) is 2.95. The van der Waals surface area contributed by atoms with Gasteiger partial charge in [-0.3, -0.25) is 5.10 Å². The number of hydrogen-bond donors (Lipinski definition) is 1. The maximum atomic E-state index is 5.33. The normalized spacial score (nSPS) is 19.3. The van der Waals surface area contributed by atoms with E-state index in [1.54, 1.807) is 0 Å². The number of fused-ring (bicyclic) bond motifs is 1. The topological polar surface area (TPSA) is 67.6 Å². The molecule has 0 radical (unpaired) electrons. The lowest BCUT2D eigenvalue weighted by Gasteiger charge is -2.09. The van der Waals surface area contributed by atoms with Crippen LogP contribution in [0.5, 0.6) is 0 Å². The predicted octanol–water partition coefficient (Wildman–Crippen LogP) is 2.22. The number of nitrogens with one attached hydrogen (secondary N) is 1. The average molecular weight is 230 g/mol. The molecule has 88 valence electrons. The molecule has 1 fully saturated rings. The maximum absolute atomic E-state index is 5.33. The van der Waals surface area contributed by atoms with Gasteiger partial charge in [0.25, 0.3) is 5.89 Å². The van der Waals surface area contributed by atoms with Gasteiger partial charge in [0.05, 0.1) is 0 Å². The summed E-state index contributed by atoms with van der Waals surface area (Å²) in [6.45, 7) is 0. The molecular weight excluding hydrogens is 216 g/mol. The van der Waals surface area contributed by atoms with Crippen molar-refractivity contribution in [1.29, 1.82) is 0 Å². The molecule has 0 amide bonds. The van der Waals surface area contributed by atoms with Crippen molar-refractivity contribution in [3.05, 3.63) is 17.1 Å². The third kappa shape index (κ3) is 1.49. The SMILES string of the molecule is C1CCc2c(-c3nc(C4CC4)no3)n[nH]c2C1. The molecule has 0 saturated heterocycles. The quantitative estimate of drug-likeness (QED) is 0.858. The van der Waals surface area contributed by atoms with Gasteiger partial charge in [0.2, 0.25) is 0 Å². The number of aryl methyl sites for hydroxylation is 1. The number of H-pyrrole nitrogens is 1. The Labute approximate surface area is 98.6 Å². The maximum Gasteiger partial charge on any atom is 0.278 e. The molecule has 1 saturated carbocycles. The third-order valence-corrected chi connectivity index (χ3v) is 3.64. The van der Waals surface area contributed by atoms with Crippen molar-refractivity contribution in [3.63, 3.8) is 0 Å². The number of nitrogens with zero attached hydrogens (tertiary/aromatic N) is 3. The highest BCUT2D eigenvalue weighted by atomic mass is 16.5. The van der Waals surface area contributed by atoms with Crippen LogP contribution in [0.25, 0.3) is 11.6 Å². The van der Waals surface area contributed by atoms with Crippen LogP contribution in [-0.2, 0) is 12.8 Å². The molecular formula is C12H14N4O. The van der Waals surface area contributed by atoms with Crippen LogP contribution < -0.4 is 0 Å². The minimum absolute atomic E-state index is 0.530. The van der Waals surface area contributed by atoms with Crippen molar-refractivity contribution >= 4 is 0 Å². The van der Waals surface area contributed by atoms with Crippen LogP contribution >= 0.6 is 0 Å². The second-order valence-electron chi connectivity index (χ2n) is 4.97. The molecule has 2 aromatic heterocycles. The fourth-order valence-electron chi connectivity index (χ4n) is 2.50. The van der Waals surface area contributed by atoms with Crippen molar-refractivity contribution in [2.45, 2.75) is 44.4 Å². The zero-order chi connectivity index (χ0) is 11.2. The van der Waals surface area contributed by atoms with Gasteiger partial charge in [0.15, 0.2) is 11.5 Å². The van der Waals surface area contributed by atoms with Crippen molar-refractivity contribution in [3.8, 4) is 11.6 Å². The number of rotatable bonds is 2. The summed E-state index contributed by atoms with van der Waals surface area (Å²) in [5.41, 5.74) is 3.40. The molecule has 2 aromatic rings. The fraction of sp³-hybridized carbons (Fsp3) is 0.583. The number of hydrogen-bond acceptors (Lipinski definition) is 4. The van der Waals surface area contributed by atoms with Crippen molar-refractivity contribution < 1.29 is 4.52 Å². The predicted molar refractivity (Wildman–Crippen MR) is 60.5 cm³/mol. The highest BCUT2D eigenvalue weighted by Crippen LogP contribution is 2.39. The van der Waals surface area contributed by atoms with Crippen LogP contribution in [0, 0.1) is 0 Å². The van der Waals surface area contributed by atoms with Gasteiger partial charge in [-0.15, -0.1) is 0 Å². The standard InChI is InChI=1S/C12H14N4O/c1-2-4-9-8(3-1)10(15-14-9)12-13-11(16-17-12)7-5-6-7/h7H,1-6H2,(H,14,15). The van der Waals surface area contributed by atoms with Crippen LogP contribution in [-0.4, -0.2) is 20.3 Å². The highest BCUT2D eigenvalue weighted by Gasteiger charge is 2.30. The first-order valence-electron chi connectivity index (χ1n) is 6.32. The first-order valence-corrected chi connectivity index (χ1v) is 6.32. The highest BCUT2D eigenvalue weighted by molar-refractivity contribution is 5.55. The van der Waals surface area contributed by atoms with Crippen LogP contribution in [0.1, 0.15) is 48.7 Å². The number of aromatic amines is 1. The van der Waals surface area contributed by atoms with Gasteiger partial charge >= 0.3 is 0 Å². The lowest BCUT2D eigenvalue weighted by molar-refractivity contribution is 0.421. The molecule has 0 aliphatic heterocycles. The summed E-state index contributed by atoms with van der Waals surface area (Å²) in [5.74, 6) is 1.97. The Bertz CT molecular complexity index is 553. The van der Waals surface area contributed by atoms with E-state index >= 15 is 0 Å². The Morgan fingerprint density at radius 2 is 2.06 bits per heavy atom. The van der Waals surface area contributed by atoms with Crippen LogP contribution in [0.3, 0.4) is 0 Å². The largest absolute Gasteiger partial charge is 0.332 e. The van der Waals surface area contributed by atoms with E-state index < -0.39 is 0 Å². The van der Waals surface area contributed by atoms with Crippen molar-refractivity contribution in [1.82, 2.24) is 20.3 Å². The minimum atomic E-state index is 0.530. The molecule has 1 N–H and O–H groups in total. The molecule has 2 heterocycles. The molecule has 5 nitrogen and oxygen atoms in total. The lowest BCUT2D eigenvalue weighted by Crippen LogP contribution is -2.01. The second-order valence-corrected chi connectivity index (χ2v) is 4.97. The number of aromatic nitrogens is 4. The van der Waals surface area contributed by atoms with E-state index in [1.165, 1.54) is 36.9 Å². The Balaban J connectivity index is 1.74. The van der Waals surface area contributed by atoms with Crippen LogP contribution in [0.15, 0.2) is 4.52 Å². The van der Waals surface area contributed by atoms with E-state index in [1.807, 2.05) is 0 Å². The molecule has 0 atom stereocenters. The first kappa shape index (κ1) is 9.39. The minimum Gasteiger partial charge on any atom is -0.332 e. The summed E-state index contributed by atoms with van der Waals surface area (Å²) in [5, 5.41) is 11.5. The van der Waals surface area contributed by atoms with E-state index in [0.717, 1.165) is 24.4 Å². The van der Waals surface area contributed by atoms with E-state index in [-0.39, 0.29) is 0 Å². The van der Waals surface area contributed by atoms with Gasteiger partial charge < -0.3 is 4.52 Å². The van der Waals surface area contributed by atoms with Gasteiger partial charge in [-0.05, 0) is 38.5 Å². The van der Waals surface area contributed by atoms with Gasteiger partial charge in [-0.1, -0.05) is 5.16 Å². The third-order valence-electron chi connectivity index (χ3n) is 3.64. The second kappa shape index (κ2) is 3.42. The van der Waals surface area contributed by atoms with Gasteiger partial charge in [-0.25, -0.2) is 0 Å². The van der Waals surface area contributed by atoms with E-state index in [2.05, 4.69) is 20.3 Å². The molecule has 5 heteroatoms. The smallest absolute Gasteiger partial charge is 0.278 e. The van der Waals surface area contributed by atoms with Crippen molar-refractivity contribution in [2.24, 2.45) is 0 Å². The molecule has 0 unspecified atom stereocenters. The van der Waals surface area contributed by atoms with Crippen molar-refractivity contribution in [2.75, 3.05) is 0 Å². The Hall–Kier alpha value is -1.65. The van der Waals surface area contributed by atoms with Gasteiger partial charge in [0.1, 0.15) is 0 Å². The molecule has 0 spiro atoms. The Kier molecular flexibility index (Phi) is 1.89. The van der Waals surface area contributed by atoms with E-state index in [9.17, 15) is 0 Å². The van der Waals surface area contributed by atoms with Crippen LogP contribution in [0.2, 0.25) is 0 Å². The summed E-state index contributed by atoms with van der Waals surface area (Å²) in [6.07, 6.45) is 7.01. The summed E-state index contributed by atoms with van der Waals surface area (Å²) in [4.78, 5) is 4.46. The molecule has 2 aliphatic carbocycles. The molecule has 0 bridgehead atoms.